The van der Waals surface area contributed by atoms with Gasteiger partial charge in [-0.25, -0.2) is 0 Å². The first-order valence-electron chi connectivity index (χ1n) is 5.48. The van der Waals surface area contributed by atoms with Crippen LogP contribution in [0.15, 0.2) is 36.5 Å². The first kappa shape index (κ1) is 11.0. The van der Waals surface area contributed by atoms with Crippen molar-refractivity contribution in [1.29, 1.82) is 0 Å². The molecule has 1 atom stereocenters. The van der Waals surface area contributed by atoms with E-state index in [4.69, 9.17) is 5.11 Å². The Balaban J connectivity index is 2.23. The minimum atomic E-state index is 0.118. The fraction of sp³-hybridized carbons (Fsp3) is 0.308. The third-order valence-corrected chi connectivity index (χ3v) is 2.65. The predicted octanol–water partition coefficient (Wildman–Crippen LogP) is 1.71. The van der Waals surface area contributed by atoms with Gasteiger partial charge in [-0.15, -0.1) is 0 Å². The average molecular weight is 216 g/mol. The van der Waals surface area contributed by atoms with E-state index < -0.39 is 0 Å². The minimum Gasteiger partial charge on any atom is -0.395 e. The molecule has 84 valence electrons. The van der Waals surface area contributed by atoms with Crippen LogP contribution in [0.1, 0.15) is 12.5 Å². The summed E-state index contributed by atoms with van der Waals surface area (Å²) in [6.07, 6.45) is 1.80. The fourth-order valence-electron chi connectivity index (χ4n) is 1.67. The molecule has 2 aromatic rings. The summed E-state index contributed by atoms with van der Waals surface area (Å²) in [5.74, 6) is 0. The summed E-state index contributed by atoms with van der Waals surface area (Å²) in [5.41, 5.74) is 2.23. The molecule has 0 aliphatic carbocycles. The number of benzene rings is 1. The third kappa shape index (κ3) is 2.38. The molecular formula is C13H16N2O. The highest BCUT2D eigenvalue weighted by atomic mass is 16.3. The quantitative estimate of drug-likeness (QED) is 0.817. The maximum Gasteiger partial charge on any atom is 0.0705 e. The highest BCUT2D eigenvalue weighted by Crippen LogP contribution is 2.16. The largest absolute Gasteiger partial charge is 0.395 e. The standard InChI is InChI=1S/C13H16N2O/c1-10(9-16)15-8-11-4-2-6-13-12(11)5-3-7-14-13/h2-7,10,15-16H,8-9H2,1H3. The molecule has 3 nitrogen and oxygen atoms in total. The maximum atomic E-state index is 8.95. The van der Waals surface area contributed by atoms with Gasteiger partial charge in [0.25, 0.3) is 0 Å². The van der Waals surface area contributed by atoms with E-state index >= 15 is 0 Å². The molecular weight excluding hydrogens is 200 g/mol. The molecule has 1 aromatic heterocycles. The Morgan fingerprint density at radius 3 is 3.00 bits per heavy atom. The summed E-state index contributed by atoms with van der Waals surface area (Å²) in [4.78, 5) is 4.31. The molecule has 0 saturated carbocycles. The minimum absolute atomic E-state index is 0.118. The highest BCUT2D eigenvalue weighted by molar-refractivity contribution is 5.81. The van der Waals surface area contributed by atoms with Crippen LogP contribution in [0.25, 0.3) is 10.9 Å². The molecule has 3 heteroatoms. The zero-order chi connectivity index (χ0) is 11.4. The second kappa shape index (κ2) is 5.05. The van der Waals surface area contributed by atoms with Crippen molar-refractivity contribution in [2.24, 2.45) is 0 Å². The monoisotopic (exact) mass is 216 g/mol. The second-order valence-corrected chi connectivity index (χ2v) is 3.95. The van der Waals surface area contributed by atoms with Gasteiger partial charge in [0.05, 0.1) is 12.1 Å². The number of hydrogen-bond donors (Lipinski definition) is 2. The predicted molar refractivity (Wildman–Crippen MR) is 65.1 cm³/mol. The van der Waals surface area contributed by atoms with Gasteiger partial charge in [-0.3, -0.25) is 4.98 Å². The molecule has 0 fully saturated rings. The van der Waals surface area contributed by atoms with Crippen molar-refractivity contribution in [2.45, 2.75) is 19.5 Å². The summed E-state index contributed by atoms with van der Waals surface area (Å²) < 4.78 is 0. The molecule has 0 bridgehead atoms. The van der Waals surface area contributed by atoms with Crippen LogP contribution in [0.4, 0.5) is 0 Å². The normalized spacial score (nSPS) is 12.9. The Bertz CT molecular complexity index is 465. The molecule has 0 spiro atoms. The van der Waals surface area contributed by atoms with E-state index in [9.17, 15) is 0 Å². The Morgan fingerprint density at radius 1 is 1.31 bits per heavy atom. The summed E-state index contributed by atoms with van der Waals surface area (Å²) in [5, 5.41) is 13.4. The van der Waals surface area contributed by atoms with Gasteiger partial charge in [-0.05, 0) is 24.6 Å². The van der Waals surface area contributed by atoms with Crippen molar-refractivity contribution in [3.05, 3.63) is 42.1 Å². The van der Waals surface area contributed by atoms with Crippen molar-refractivity contribution in [2.75, 3.05) is 6.61 Å². The highest BCUT2D eigenvalue weighted by Gasteiger charge is 2.03. The molecule has 0 aliphatic rings. The van der Waals surface area contributed by atoms with Crippen LogP contribution < -0.4 is 5.32 Å². The van der Waals surface area contributed by atoms with E-state index in [1.54, 1.807) is 6.20 Å². The summed E-state index contributed by atoms with van der Waals surface area (Å²) in [7, 11) is 0. The fourth-order valence-corrected chi connectivity index (χ4v) is 1.67. The van der Waals surface area contributed by atoms with Crippen molar-refractivity contribution in [3.63, 3.8) is 0 Å². The van der Waals surface area contributed by atoms with E-state index in [1.165, 1.54) is 10.9 Å². The van der Waals surface area contributed by atoms with Gasteiger partial charge >= 0.3 is 0 Å². The maximum absolute atomic E-state index is 8.95. The summed E-state index contributed by atoms with van der Waals surface area (Å²) in [6, 6.07) is 10.2. The van der Waals surface area contributed by atoms with E-state index in [2.05, 4.69) is 22.4 Å². The van der Waals surface area contributed by atoms with Crippen LogP contribution in [-0.2, 0) is 6.54 Å². The van der Waals surface area contributed by atoms with Crippen LogP contribution in [0.3, 0.4) is 0 Å². The Labute approximate surface area is 95.1 Å². The molecule has 2 rings (SSSR count). The molecule has 0 amide bonds. The molecule has 1 heterocycles. The van der Waals surface area contributed by atoms with Gasteiger partial charge < -0.3 is 10.4 Å². The van der Waals surface area contributed by atoms with E-state index in [1.807, 2.05) is 25.1 Å². The second-order valence-electron chi connectivity index (χ2n) is 3.95. The van der Waals surface area contributed by atoms with Crippen molar-refractivity contribution in [3.8, 4) is 0 Å². The summed E-state index contributed by atoms with van der Waals surface area (Å²) >= 11 is 0. The van der Waals surface area contributed by atoms with Crippen LogP contribution in [0, 0.1) is 0 Å². The number of hydrogen-bond acceptors (Lipinski definition) is 3. The van der Waals surface area contributed by atoms with E-state index in [0.29, 0.717) is 0 Å². The van der Waals surface area contributed by atoms with Gasteiger partial charge in [-0.1, -0.05) is 18.2 Å². The number of pyridine rings is 1. The lowest BCUT2D eigenvalue weighted by Gasteiger charge is -2.11. The lowest BCUT2D eigenvalue weighted by Crippen LogP contribution is -2.28. The van der Waals surface area contributed by atoms with Crippen LogP contribution >= 0.6 is 0 Å². The van der Waals surface area contributed by atoms with Crippen LogP contribution in [-0.4, -0.2) is 22.7 Å². The zero-order valence-electron chi connectivity index (χ0n) is 9.35. The van der Waals surface area contributed by atoms with Crippen LogP contribution in [0.5, 0.6) is 0 Å². The van der Waals surface area contributed by atoms with Gasteiger partial charge in [0, 0.05) is 24.2 Å². The van der Waals surface area contributed by atoms with Crippen molar-refractivity contribution < 1.29 is 5.11 Å². The number of aliphatic hydroxyl groups excluding tert-OH is 1. The number of aliphatic hydroxyl groups is 1. The average Bonchev–Trinajstić information content (AvgIpc) is 2.35. The van der Waals surface area contributed by atoms with Gasteiger partial charge in [0.2, 0.25) is 0 Å². The van der Waals surface area contributed by atoms with Gasteiger partial charge in [0.15, 0.2) is 0 Å². The van der Waals surface area contributed by atoms with Crippen molar-refractivity contribution in [1.82, 2.24) is 10.3 Å². The first-order valence-corrected chi connectivity index (χ1v) is 5.48. The SMILES string of the molecule is CC(CO)NCc1cccc2ncccc12. The lowest BCUT2D eigenvalue weighted by atomic mass is 10.1. The van der Waals surface area contributed by atoms with Gasteiger partial charge in [-0.2, -0.15) is 0 Å². The zero-order valence-corrected chi connectivity index (χ0v) is 9.35. The smallest absolute Gasteiger partial charge is 0.0705 e. The first-order chi connectivity index (χ1) is 7.81. The van der Waals surface area contributed by atoms with E-state index in [-0.39, 0.29) is 12.6 Å². The number of fused-ring (bicyclic) bond motifs is 1. The molecule has 1 aromatic carbocycles. The van der Waals surface area contributed by atoms with Gasteiger partial charge in [0.1, 0.15) is 0 Å². The van der Waals surface area contributed by atoms with Crippen LogP contribution in [0.2, 0.25) is 0 Å². The number of rotatable bonds is 4. The lowest BCUT2D eigenvalue weighted by molar-refractivity contribution is 0.251. The molecule has 0 saturated heterocycles. The number of aromatic nitrogens is 1. The summed E-state index contributed by atoms with van der Waals surface area (Å²) in [6.45, 7) is 2.87. The molecule has 0 aliphatic heterocycles. The van der Waals surface area contributed by atoms with Crippen molar-refractivity contribution >= 4 is 10.9 Å². The molecule has 0 radical (unpaired) electrons. The molecule has 16 heavy (non-hydrogen) atoms. The Kier molecular flexibility index (Phi) is 3.49. The number of nitrogens with zero attached hydrogens (tertiary/aromatic N) is 1. The Hall–Kier alpha value is -1.45. The topological polar surface area (TPSA) is 45.1 Å². The number of nitrogens with one attached hydrogen (secondary N) is 1. The molecule has 2 N–H and O–H groups in total. The molecule has 1 unspecified atom stereocenters. The van der Waals surface area contributed by atoms with E-state index in [0.717, 1.165) is 12.1 Å². The Morgan fingerprint density at radius 2 is 2.19 bits per heavy atom. The third-order valence-electron chi connectivity index (χ3n) is 2.65.